The molecule has 3 rings (SSSR count). The lowest BCUT2D eigenvalue weighted by atomic mass is 9.67. The van der Waals surface area contributed by atoms with Gasteiger partial charge in [0.05, 0.1) is 29.0 Å². The van der Waals surface area contributed by atoms with Crippen molar-refractivity contribution in [2.75, 3.05) is 0 Å². The van der Waals surface area contributed by atoms with Crippen molar-refractivity contribution in [1.29, 1.82) is 5.26 Å². The van der Waals surface area contributed by atoms with Crippen molar-refractivity contribution in [2.24, 2.45) is 5.41 Å². The van der Waals surface area contributed by atoms with Crippen LogP contribution in [0.25, 0.3) is 0 Å². The Hall–Kier alpha value is -2.50. The van der Waals surface area contributed by atoms with Crippen LogP contribution in [0.5, 0.6) is 0 Å². The molecule has 2 aromatic rings. The van der Waals surface area contributed by atoms with E-state index >= 15 is 0 Å². The summed E-state index contributed by atoms with van der Waals surface area (Å²) in [4.78, 5) is 12.1. The summed E-state index contributed by atoms with van der Waals surface area (Å²) < 4.78 is 26.2. The maximum Gasteiger partial charge on any atom is 0.266 e. The minimum Gasteiger partial charge on any atom is -0.391 e. The van der Waals surface area contributed by atoms with Crippen LogP contribution in [-0.4, -0.2) is 29.4 Å². The molecule has 1 aromatic carbocycles. The highest BCUT2D eigenvalue weighted by Gasteiger charge is 2.39. The van der Waals surface area contributed by atoms with E-state index in [0.29, 0.717) is 0 Å². The van der Waals surface area contributed by atoms with Crippen molar-refractivity contribution in [3.8, 4) is 6.07 Å². The highest BCUT2D eigenvalue weighted by Crippen LogP contribution is 2.44. The molecule has 0 bridgehead atoms. The molecule has 8 heteroatoms. The van der Waals surface area contributed by atoms with E-state index in [-0.39, 0.29) is 22.9 Å². The van der Waals surface area contributed by atoms with E-state index in [4.69, 9.17) is 0 Å². The van der Waals surface area contributed by atoms with Crippen molar-refractivity contribution in [3.05, 3.63) is 52.8 Å². The number of aliphatic hydroxyl groups excluding tert-OH is 1. The zero-order valence-electron chi connectivity index (χ0n) is 14.1. The number of rotatable bonds is 6. The Kier molecular flexibility index (Phi) is 4.94. The van der Waals surface area contributed by atoms with E-state index in [1.165, 1.54) is 12.1 Å². The predicted octanol–water partition coefficient (Wildman–Crippen LogP) is 1.52. The lowest BCUT2D eigenvalue weighted by molar-refractivity contribution is 0.0652. The van der Waals surface area contributed by atoms with E-state index in [0.717, 1.165) is 36.1 Å². The monoisotopic (exact) mass is 373 g/mol. The number of sulfone groups is 1. The second kappa shape index (κ2) is 7.02. The Morgan fingerprint density at radius 2 is 1.92 bits per heavy atom. The maximum atomic E-state index is 12.6. The molecule has 1 unspecified atom stereocenters. The number of nitrogens with zero attached hydrogens (tertiary/aromatic N) is 3. The first-order chi connectivity index (χ1) is 12.4. The molecule has 0 aliphatic heterocycles. The fourth-order valence-corrected chi connectivity index (χ4v) is 4.32. The SMILES string of the molecule is N#CC1(CC(O)Cn2nc(S(=O)(=O)c3ccccc3)ccc2=O)CCC1. The fraction of sp³-hybridized carbons (Fsp3) is 0.389. The Balaban J connectivity index is 1.84. The van der Waals surface area contributed by atoms with Crippen LogP contribution in [0.1, 0.15) is 25.7 Å². The molecule has 1 fully saturated rings. The predicted molar refractivity (Wildman–Crippen MR) is 92.9 cm³/mol. The number of hydrogen-bond acceptors (Lipinski definition) is 6. The van der Waals surface area contributed by atoms with Crippen LogP contribution >= 0.6 is 0 Å². The lowest BCUT2D eigenvalue weighted by Gasteiger charge is -2.36. The molecule has 1 aromatic heterocycles. The molecule has 1 heterocycles. The molecule has 0 radical (unpaired) electrons. The van der Waals surface area contributed by atoms with E-state index in [2.05, 4.69) is 11.2 Å². The summed E-state index contributed by atoms with van der Waals surface area (Å²) in [6, 6.07) is 12.3. The topological polar surface area (TPSA) is 113 Å². The quantitative estimate of drug-likeness (QED) is 0.821. The van der Waals surface area contributed by atoms with E-state index in [1.807, 2.05) is 0 Å². The summed E-state index contributed by atoms with van der Waals surface area (Å²) in [5.41, 5.74) is -1.05. The Bertz CT molecular complexity index is 989. The first-order valence-electron chi connectivity index (χ1n) is 8.34. The minimum atomic E-state index is -3.85. The van der Waals surface area contributed by atoms with Gasteiger partial charge >= 0.3 is 0 Å². The molecule has 0 amide bonds. The van der Waals surface area contributed by atoms with E-state index in [1.54, 1.807) is 18.2 Å². The zero-order chi connectivity index (χ0) is 18.8. The molecule has 1 atom stereocenters. The molecule has 1 N–H and O–H groups in total. The second-order valence-electron chi connectivity index (χ2n) is 6.61. The number of hydrogen-bond donors (Lipinski definition) is 1. The normalized spacial score (nSPS) is 17.1. The summed E-state index contributed by atoms with van der Waals surface area (Å²) in [7, 11) is -3.85. The first kappa shape index (κ1) is 18.3. The van der Waals surface area contributed by atoms with Crippen LogP contribution in [0.4, 0.5) is 0 Å². The van der Waals surface area contributed by atoms with Gasteiger partial charge in [-0.05, 0) is 37.5 Å². The largest absolute Gasteiger partial charge is 0.391 e. The van der Waals surface area contributed by atoms with Crippen LogP contribution in [0.15, 0.2) is 57.2 Å². The van der Waals surface area contributed by atoms with E-state index in [9.17, 15) is 23.6 Å². The van der Waals surface area contributed by atoms with Crippen molar-refractivity contribution < 1.29 is 13.5 Å². The van der Waals surface area contributed by atoms with Crippen molar-refractivity contribution in [3.63, 3.8) is 0 Å². The van der Waals surface area contributed by atoms with Crippen LogP contribution in [0.2, 0.25) is 0 Å². The van der Waals surface area contributed by atoms with Crippen LogP contribution in [0, 0.1) is 16.7 Å². The Labute approximate surface area is 151 Å². The summed E-state index contributed by atoms with van der Waals surface area (Å²) in [6.07, 6.45) is 1.70. The molecule has 0 saturated heterocycles. The third-order valence-corrected chi connectivity index (χ3v) is 6.39. The van der Waals surface area contributed by atoms with Crippen LogP contribution in [-0.2, 0) is 16.4 Å². The third-order valence-electron chi connectivity index (χ3n) is 4.73. The van der Waals surface area contributed by atoms with Gasteiger partial charge in [-0.15, -0.1) is 0 Å². The van der Waals surface area contributed by atoms with Crippen LogP contribution < -0.4 is 5.56 Å². The number of benzene rings is 1. The van der Waals surface area contributed by atoms with Gasteiger partial charge in [-0.3, -0.25) is 4.79 Å². The summed E-state index contributed by atoms with van der Waals surface area (Å²) in [5, 5.41) is 23.2. The summed E-state index contributed by atoms with van der Waals surface area (Å²) >= 11 is 0. The first-order valence-corrected chi connectivity index (χ1v) is 9.82. The fourth-order valence-electron chi connectivity index (χ4n) is 3.11. The van der Waals surface area contributed by atoms with Gasteiger partial charge in [-0.25, -0.2) is 13.1 Å². The molecule has 136 valence electrons. The average molecular weight is 373 g/mol. The highest BCUT2D eigenvalue weighted by atomic mass is 32.2. The van der Waals surface area contributed by atoms with Crippen molar-refractivity contribution in [2.45, 2.75) is 48.3 Å². The molecule has 1 aliphatic carbocycles. The van der Waals surface area contributed by atoms with Crippen molar-refractivity contribution in [1.82, 2.24) is 9.78 Å². The Morgan fingerprint density at radius 3 is 2.50 bits per heavy atom. The smallest absolute Gasteiger partial charge is 0.266 e. The van der Waals surface area contributed by atoms with E-state index < -0.39 is 26.9 Å². The average Bonchev–Trinajstić information content (AvgIpc) is 2.60. The van der Waals surface area contributed by atoms with Gasteiger partial charge in [-0.1, -0.05) is 24.6 Å². The minimum absolute atomic E-state index is 0.0798. The van der Waals surface area contributed by atoms with Gasteiger partial charge in [0.1, 0.15) is 0 Å². The van der Waals surface area contributed by atoms with Gasteiger partial charge in [-0.2, -0.15) is 10.4 Å². The zero-order valence-corrected chi connectivity index (χ0v) is 14.9. The molecule has 0 spiro atoms. The number of nitriles is 1. The Morgan fingerprint density at radius 1 is 1.23 bits per heavy atom. The highest BCUT2D eigenvalue weighted by molar-refractivity contribution is 7.91. The van der Waals surface area contributed by atoms with Gasteiger partial charge in [0, 0.05) is 6.07 Å². The molecule has 26 heavy (non-hydrogen) atoms. The van der Waals surface area contributed by atoms with Gasteiger partial charge in [0.25, 0.3) is 5.56 Å². The molecular weight excluding hydrogens is 354 g/mol. The molecule has 7 nitrogen and oxygen atoms in total. The summed E-state index contributed by atoms with van der Waals surface area (Å²) in [5.74, 6) is 0. The number of aromatic nitrogens is 2. The molecule has 1 aliphatic rings. The van der Waals surface area contributed by atoms with Crippen molar-refractivity contribution >= 4 is 9.84 Å². The van der Waals surface area contributed by atoms with Crippen LogP contribution in [0.3, 0.4) is 0 Å². The standard InChI is InChI=1S/C18H19N3O4S/c19-13-18(9-4-10-18)11-14(22)12-21-17(23)8-7-16(20-21)26(24,25)15-5-2-1-3-6-15/h1-3,5-8,14,22H,4,9-12H2. The maximum absolute atomic E-state index is 12.6. The van der Waals surface area contributed by atoms with Gasteiger partial charge in [0.2, 0.25) is 9.84 Å². The molecular formula is C18H19N3O4S. The van der Waals surface area contributed by atoms with Gasteiger partial charge < -0.3 is 5.11 Å². The van der Waals surface area contributed by atoms with Gasteiger partial charge in [0.15, 0.2) is 5.03 Å². The lowest BCUT2D eigenvalue weighted by Crippen LogP contribution is -2.36. The molecule has 1 saturated carbocycles. The summed E-state index contributed by atoms with van der Waals surface area (Å²) in [6.45, 7) is -0.152. The third kappa shape index (κ3) is 3.54. The number of aliphatic hydroxyl groups is 1. The second-order valence-corrected chi connectivity index (χ2v) is 8.51.